The van der Waals surface area contributed by atoms with Gasteiger partial charge in [0.25, 0.3) is 5.91 Å². The number of carbonyl (C=O) groups excluding carboxylic acids is 1. The van der Waals surface area contributed by atoms with Gasteiger partial charge in [-0.25, -0.2) is 0 Å². The lowest BCUT2D eigenvalue weighted by atomic mass is 10.1. The van der Waals surface area contributed by atoms with E-state index in [1.807, 2.05) is 24.3 Å². The number of benzene rings is 1. The smallest absolute Gasteiger partial charge is 0.273 e. The van der Waals surface area contributed by atoms with Crippen molar-refractivity contribution in [1.82, 2.24) is 15.5 Å². The van der Waals surface area contributed by atoms with Gasteiger partial charge in [-0.1, -0.05) is 35.0 Å². The second-order valence-corrected chi connectivity index (χ2v) is 5.07. The Balaban J connectivity index is 1.69. The number of hydrogen-bond acceptors (Lipinski definition) is 4. The molecule has 0 aliphatic rings. The van der Waals surface area contributed by atoms with Gasteiger partial charge in [0, 0.05) is 35.6 Å². The topological polar surface area (TPSA) is 68.0 Å². The number of nitrogens with one attached hydrogen (secondary N) is 1. The summed E-state index contributed by atoms with van der Waals surface area (Å²) in [6.07, 6.45) is 3.38. The van der Waals surface area contributed by atoms with Gasteiger partial charge in [-0.3, -0.25) is 9.78 Å². The molecule has 0 aliphatic heterocycles. The molecule has 5 nitrogen and oxygen atoms in total. The van der Waals surface area contributed by atoms with Gasteiger partial charge in [0.15, 0.2) is 11.5 Å². The van der Waals surface area contributed by atoms with Crippen molar-refractivity contribution in [3.63, 3.8) is 0 Å². The molecule has 0 atom stereocenters. The fourth-order valence-electron chi connectivity index (χ4n) is 1.94. The lowest BCUT2D eigenvalue weighted by Crippen LogP contribution is -2.23. The lowest BCUT2D eigenvalue weighted by Gasteiger charge is -2.01. The fourth-order valence-corrected chi connectivity index (χ4v) is 2.13. The molecule has 0 fully saturated rings. The van der Waals surface area contributed by atoms with E-state index in [9.17, 15) is 4.79 Å². The predicted octanol–water partition coefficient (Wildman–Crippen LogP) is 3.32. The number of pyridine rings is 1. The van der Waals surface area contributed by atoms with Crippen LogP contribution in [-0.4, -0.2) is 16.0 Å². The normalized spacial score (nSPS) is 10.4. The second-order valence-electron chi connectivity index (χ2n) is 4.63. The molecule has 0 bridgehead atoms. The fraction of sp³-hybridized carbons (Fsp3) is 0.0625. The number of hydrogen-bond donors (Lipinski definition) is 1. The van der Waals surface area contributed by atoms with Crippen molar-refractivity contribution in [3.05, 3.63) is 71.1 Å². The minimum atomic E-state index is -0.305. The largest absolute Gasteiger partial charge is 0.355 e. The van der Waals surface area contributed by atoms with Gasteiger partial charge < -0.3 is 9.84 Å². The van der Waals surface area contributed by atoms with E-state index in [2.05, 4.69) is 15.5 Å². The Kier molecular flexibility index (Phi) is 4.16. The summed E-state index contributed by atoms with van der Waals surface area (Å²) in [6.45, 7) is 0.381. The van der Waals surface area contributed by atoms with Crippen molar-refractivity contribution < 1.29 is 9.32 Å². The van der Waals surface area contributed by atoms with Crippen molar-refractivity contribution in [1.29, 1.82) is 0 Å². The molecular formula is C16H12ClN3O2. The first-order valence-corrected chi connectivity index (χ1v) is 7.00. The van der Waals surface area contributed by atoms with Crippen LogP contribution in [0.15, 0.2) is 59.4 Å². The molecular weight excluding hydrogens is 302 g/mol. The second kappa shape index (κ2) is 6.41. The van der Waals surface area contributed by atoms with Gasteiger partial charge in [-0.15, -0.1) is 0 Å². The van der Waals surface area contributed by atoms with E-state index < -0.39 is 0 Å². The van der Waals surface area contributed by atoms with Crippen molar-refractivity contribution in [2.24, 2.45) is 0 Å². The number of halogens is 1. The van der Waals surface area contributed by atoms with Crippen LogP contribution in [0.1, 0.15) is 16.1 Å². The molecule has 1 N–H and O–H groups in total. The summed E-state index contributed by atoms with van der Waals surface area (Å²) in [7, 11) is 0. The Labute approximate surface area is 131 Å². The number of carbonyl (C=O) groups is 1. The Hall–Kier alpha value is -2.66. The minimum absolute atomic E-state index is 0.221. The molecule has 0 spiro atoms. The van der Waals surface area contributed by atoms with Crippen LogP contribution in [-0.2, 0) is 6.54 Å². The first-order valence-electron chi connectivity index (χ1n) is 6.62. The molecule has 2 heterocycles. The summed E-state index contributed by atoms with van der Waals surface area (Å²) in [6, 6.07) is 12.4. The molecule has 3 rings (SSSR count). The first-order chi connectivity index (χ1) is 10.7. The summed E-state index contributed by atoms with van der Waals surface area (Å²) in [5, 5.41) is 7.15. The Morgan fingerprint density at radius 2 is 2.14 bits per heavy atom. The van der Waals surface area contributed by atoms with Gasteiger partial charge in [-0.2, -0.15) is 0 Å². The van der Waals surface area contributed by atoms with Crippen LogP contribution >= 0.6 is 11.6 Å². The van der Waals surface area contributed by atoms with Crippen LogP contribution in [0.25, 0.3) is 11.3 Å². The van der Waals surface area contributed by atoms with Crippen LogP contribution in [0.4, 0.5) is 0 Å². The molecule has 0 saturated heterocycles. The number of amides is 1. The zero-order valence-electron chi connectivity index (χ0n) is 11.5. The van der Waals surface area contributed by atoms with Gasteiger partial charge in [0.05, 0.1) is 0 Å². The zero-order valence-corrected chi connectivity index (χ0v) is 12.2. The SMILES string of the molecule is O=C(NCc1cccnc1)c1cc(-c2cccc(Cl)c2)on1. The number of aromatic nitrogens is 2. The maximum absolute atomic E-state index is 12.0. The molecule has 0 saturated carbocycles. The maximum atomic E-state index is 12.0. The van der Waals surface area contributed by atoms with Gasteiger partial charge >= 0.3 is 0 Å². The Bertz CT molecular complexity index is 787. The number of rotatable bonds is 4. The van der Waals surface area contributed by atoms with Gasteiger partial charge in [-0.05, 0) is 23.8 Å². The Morgan fingerprint density at radius 3 is 2.91 bits per heavy atom. The molecule has 3 aromatic rings. The highest BCUT2D eigenvalue weighted by atomic mass is 35.5. The summed E-state index contributed by atoms with van der Waals surface area (Å²) < 4.78 is 5.20. The third-order valence-electron chi connectivity index (χ3n) is 3.03. The third kappa shape index (κ3) is 3.32. The van der Waals surface area contributed by atoms with Gasteiger partial charge in [0.1, 0.15) is 0 Å². The van der Waals surface area contributed by atoms with Crippen LogP contribution in [0, 0.1) is 0 Å². The molecule has 1 amide bonds. The van der Waals surface area contributed by atoms with E-state index in [1.54, 1.807) is 30.6 Å². The highest BCUT2D eigenvalue weighted by molar-refractivity contribution is 6.30. The molecule has 0 radical (unpaired) electrons. The zero-order chi connectivity index (χ0) is 15.4. The van der Waals surface area contributed by atoms with E-state index in [1.165, 1.54) is 0 Å². The quantitative estimate of drug-likeness (QED) is 0.802. The first kappa shape index (κ1) is 14.3. The molecule has 6 heteroatoms. The molecule has 0 aliphatic carbocycles. The summed E-state index contributed by atoms with van der Waals surface area (Å²) >= 11 is 5.93. The van der Waals surface area contributed by atoms with E-state index in [0.717, 1.165) is 11.1 Å². The molecule has 110 valence electrons. The van der Waals surface area contributed by atoms with E-state index >= 15 is 0 Å². The molecule has 1 aromatic carbocycles. The predicted molar refractivity (Wildman–Crippen MR) is 82.4 cm³/mol. The summed E-state index contributed by atoms with van der Waals surface area (Å²) in [4.78, 5) is 16.0. The monoisotopic (exact) mass is 313 g/mol. The van der Waals surface area contributed by atoms with Gasteiger partial charge in [0.2, 0.25) is 0 Å². The Morgan fingerprint density at radius 1 is 1.23 bits per heavy atom. The third-order valence-corrected chi connectivity index (χ3v) is 3.26. The standard InChI is InChI=1S/C16H12ClN3O2/c17-13-5-1-4-12(7-13)15-8-14(20-22-15)16(21)19-10-11-3-2-6-18-9-11/h1-9H,10H2,(H,19,21). The van der Waals surface area contributed by atoms with Crippen molar-refractivity contribution in [2.45, 2.75) is 6.54 Å². The van der Waals surface area contributed by atoms with Crippen LogP contribution in [0.3, 0.4) is 0 Å². The van der Waals surface area contributed by atoms with Crippen LogP contribution < -0.4 is 5.32 Å². The van der Waals surface area contributed by atoms with Crippen LogP contribution in [0.5, 0.6) is 0 Å². The molecule has 2 aromatic heterocycles. The molecule has 0 unspecified atom stereocenters. The van der Waals surface area contributed by atoms with Crippen LogP contribution in [0.2, 0.25) is 5.02 Å². The average molecular weight is 314 g/mol. The van der Waals surface area contributed by atoms with Crippen molar-refractivity contribution in [3.8, 4) is 11.3 Å². The van der Waals surface area contributed by atoms with Crippen molar-refractivity contribution >= 4 is 17.5 Å². The highest BCUT2D eigenvalue weighted by Crippen LogP contribution is 2.23. The van der Waals surface area contributed by atoms with E-state index in [-0.39, 0.29) is 11.6 Å². The highest BCUT2D eigenvalue weighted by Gasteiger charge is 2.13. The van der Waals surface area contributed by atoms with E-state index in [4.69, 9.17) is 16.1 Å². The summed E-state index contributed by atoms with van der Waals surface area (Å²) in [5.74, 6) is 0.190. The molecule has 22 heavy (non-hydrogen) atoms. The maximum Gasteiger partial charge on any atom is 0.273 e. The summed E-state index contributed by atoms with van der Waals surface area (Å²) in [5.41, 5.74) is 1.90. The minimum Gasteiger partial charge on any atom is -0.355 e. The van der Waals surface area contributed by atoms with Crippen molar-refractivity contribution in [2.75, 3.05) is 0 Å². The average Bonchev–Trinajstić information content (AvgIpc) is 3.04. The van der Waals surface area contributed by atoms with E-state index in [0.29, 0.717) is 17.3 Å². The lowest BCUT2D eigenvalue weighted by molar-refractivity contribution is 0.0942. The number of nitrogens with zero attached hydrogens (tertiary/aromatic N) is 2.